The third-order valence-corrected chi connectivity index (χ3v) is 8.50. The Morgan fingerprint density at radius 2 is 1.56 bits per heavy atom. The lowest BCUT2D eigenvalue weighted by Crippen LogP contribution is -2.64. The number of nitrogens with zero attached hydrogens (tertiary/aromatic N) is 4. The van der Waals surface area contributed by atoms with Crippen molar-refractivity contribution in [1.29, 1.82) is 0 Å². The van der Waals surface area contributed by atoms with Crippen LogP contribution in [0.3, 0.4) is 0 Å². The number of rotatable bonds is 5. The van der Waals surface area contributed by atoms with Gasteiger partial charge in [-0.3, -0.25) is 39.1 Å². The van der Waals surface area contributed by atoms with Crippen LogP contribution in [0.2, 0.25) is 5.02 Å². The number of piperazine rings is 1. The van der Waals surface area contributed by atoms with E-state index in [0.29, 0.717) is 31.2 Å². The van der Waals surface area contributed by atoms with E-state index in [0.717, 1.165) is 22.7 Å². The number of amides is 5. The first-order valence-electron chi connectivity index (χ1n) is 13.3. The van der Waals surface area contributed by atoms with Crippen molar-refractivity contribution in [3.63, 3.8) is 0 Å². The molecule has 4 aliphatic rings. The Bertz CT molecular complexity index is 1450. The van der Waals surface area contributed by atoms with Crippen LogP contribution in [0.5, 0.6) is 0 Å². The van der Waals surface area contributed by atoms with Gasteiger partial charge in [-0.1, -0.05) is 23.7 Å². The van der Waals surface area contributed by atoms with Crippen molar-refractivity contribution in [2.24, 2.45) is 0 Å². The fourth-order valence-corrected chi connectivity index (χ4v) is 5.95. The van der Waals surface area contributed by atoms with E-state index in [-0.39, 0.29) is 43.1 Å². The summed E-state index contributed by atoms with van der Waals surface area (Å²) in [6.07, 6.45) is 0.145. The second-order valence-corrected chi connectivity index (χ2v) is 11.1. The summed E-state index contributed by atoms with van der Waals surface area (Å²) in [7, 11) is 0. The van der Waals surface area contributed by atoms with Gasteiger partial charge in [0.15, 0.2) is 0 Å². The quantitative estimate of drug-likeness (QED) is 0.534. The molecule has 1 unspecified atom stereocenters. The SMILES string of the molecule is O=C1CCC(N2C(=O)c3ccc(N4CC(N5CCN(C(=O)C(F)(F)c6ccc(Cl)cc6)CC5)C4)cc3C2=O)C(=O)N1. The van der Waals surface area contributed by atoms with Crippen LogP contribution in [0, 0.1) is 0 Å². The van der Waals surface area contributed by atoms with Gasteiger partial charge >= 0.3 is 5.92 Å². The maximum atomic E-state index is 14.8. The number of hydrogen-bond donors (Lipinski definition) is 1. The van der Waals surface area contributed by atoms with Gasteiger partial charge in [-0.15, -0.1) is 0 Å². The molecule has 214 valence electrons. The highest BCUT2D eigenvalue weighted by atomic mass is 35.5. The zero-order valence-electron chi connectivity index (χ0n) is 21.8. The van der Waals surface area contributed by atoms with Crippen LogP contribution in [0.25, 0.3) is 0 Å². The molecule has 2 aromatic rings. The maximum Gasteiger partial charge on any atom is 0.349 e. The van der Waals surface area contributed by atoms with Crippen LogP contribution in [0.1, 0.15) is 39.1 Å². The Morgan fingerprint density at radius 3 is 2.22 bits per heavy atom. The number of halogens is 3. The molecule has 5 amide bonds. The molecule has 1 N–H and O–H groups in total. The topological polar surface area (TPSA) is 110 Å². The smallest absolute Gasteiger partial charge is 0.349 e. The molecule has 0 bridgehead atoms. The second-order valence-electron chi connectivity index (χ2n) is 10.6. The van der Waals surface area contributed by atoms with E-state index < -0.39 is 47.1 Å². The van der Waals surface area contributed by atoms with Gasteiger partial charge in [-0.2, -0.15) is 8.78 Å². The summed E-state index contributed by atoms with van der Waals surface area (Å²) >= 11 is 5.78. The van der Waals surface area contributed by atoms with Gasteiger partial charge < -0.3 is 9.80 Å². The van der Waals surface area contributed by atoms with E-state index in [2.05, 4.69) is 10.2 Å². The first-order valence-corrected chi connectivity index (χ1v) is 13.7. The lowest BCUT2D eigenvalue weighted by atomic mass is 10.0. The van der Waals surface area contributed by atoms with Gasteiger partial charge in [0.1, 0.15) is 6.04 Å². The molecule has 41 heavy (non-hydrogen) atoms. The van der Waals surface area contributed by atoms with Crippen molar-refractivity contribution in [2.45, 2.75) is 30.8 Å². The van der Waals surface area contributed by atoms with Crippen LogP contribution in [-0.4, -0.2) is 95.6 Å². The number of piperidine rings is 1. The fraction of sp³-hybridized carbons (Fsp3) is 0.393. The predicted molar refractivity (Wildman–Crippen MR) is 143 cm³/mol. The molecular weight excluding hydrogens is 560 g/mol. The molecule has 0 saturated carbocycles. The fourth-order valence-electron chi connectivity index (χ4n) is 5.82. The molecule has 0 aromatic heterocycles. The molecule has 4 heterocycles. The molecule has 3 saturated heterocycles. The third kappa shape index (κ3) is 4.74. The number of carbonyl (C=O) groups is 5. The summed E-state index contributed by atoms with van der Waals surface area (Å²) in [5.41, 5.74) is 0.799. The molecule has 0 radical (unpaired) electrons. The number of nitrogens with one attached hydrogen (secondary N) is 1. The monoisotopic (exact) mass is 585 g/mol. The Kier molecular flexibility index (Phi) is 6.77. The first kappa shape index (κ1) is 27.3. The summed E-state index contributed by atoms with van der Waals surface area (Å²) in [5.74, 6) is -7.06. The molecule has 10 nitrogen and oxygen atoms in total. The van der Waals surface area contributed by atoms with Crippen LogP contribution in [0.4, 0.5) is 14.5 Å². The number of alkyl halides is 2. The number of hydrogen-bond acceptors (Lipinski definition) is 7. The molecule has 6 rings (SSSR count). The Labute approximate surface area is 238 Å². The molecule has 1 atom stereocenters. The zero-order chi connectivity index (χ0) is 29.1. The maximum absolute atomic E-state index is 14.8. The zero-order valence-corrected chi connectivity index (χ0v) is 22.6. The Hall–Kier alpha value is -3.90. The van der Waals surface area contributed by atoms with E-state index >= 15 is 0 Å². The highest BCUT2D eigenvalue weighted by Gasteiger charge is 2.47. The summed E-state index contributed by atoms with van der Waals surface area (Å²) < 4.78 is 29.6. The number of benzene rings is 2. The van der Waals surface area contributed by atoms with Crippen molar-refractivity contribution in [3.8, 4) is 0 Å². The number of carbonyl (C=O) groups excluding carboxylic acids is 5. The number of anilines is 1. The van der Waals surface area contributed by atoms with E-state index in [1.165, 1.54) is 17.0 Å². The average molecular weight is 586 g/mol. The predicted octanol–water partition coefficient (Wildman–Crippen LogP) is 1.87. The molecule has 2 aromatic carbocycles. The molecular formula is C28H26ClF2N5O5. The van der Waals surface area contributed by atoms with Gasteiger partial charge in [0.05, 0.1) is 11.1 Å². The van der Waals surface area contributed by atoms with Crippen molar-refractivity contribution >= 4 is 46.8 Å². The van der Waals surface area contributed by atoms with Gasteiger partial charge in [0, 0.05) is 68.0 Å². The minimum Gasteiger partial charge on any atom is -0.368 e. The van der Waals surface area contributed by atoms with Crippen molar-refractivity contribution < 1.29 is 32.8 Å². The van der Waals surface area contributed by atoms with Crippen molar-refractivity contribution in [3.05, 3.63) is 64.2 Å². The van der Waals surface area contributed by atoms with Gasteiger partial charge in [0.2, 0.25) is 11.8 Å². The van der Waals surface area contributed by atoms with E-state index in [4.69, 9.17) is 11.6 Å². The summed E-state index contributed by atoms with van der Waals surface area (Å²) in [6, 6.07) is 9.10. The summed E-state index contributed by atoms with van der Waals surface area (Å²) in [5, 5.41) is 2.50. The molecule has 4 aliphatic heterocycles. The van der Waals surface area contributed by atoms with E-state index in [9.17, 15) is 32.8 Å². The van der Waals surface area contributed by atoms with E-state index in [1.807, 2.05) is 4.90 Å². The van der Waals surface area contributed by atoms with Crippen LogP contribution < -0.4 is 10.2 Å². The largest absolute Gasteiger partial charge is 0.368 e. The third-order valence-electron chi connectivity index (χ3n) is 8.24. The minimum absolute atomic E-state index is 0.0530. The first-order chi connectivity index (χ1) is 19.5. The Morgan fingerprint density at radius 1 is 0.902 bits per heavy atom. The molecule has 3 fully saturated rings. The summed E-state index contributed by atoms with van der Waals surface area (Å²) in [6.45, 7) is 2.55. The van der Waals surface area contributed by atoms with Crippen molar-refractivity contribution in [1.82, 2.24) is 20.0 Å². The highest BCUT2D eigenvalue weighted by molar-refractivity contribution is 6.30. The van der Waals surface area contributed by atoms with E-state index in [1.54, 1.807) is 18.2 Å². The standard InChI is InChI=1S/C28H26ClF2N5O5/c29-17-3-1-16(2-4-17)28(30,31)27(41)34-11-9-33(10-12-34)19-14-35(15-19)18-5-6-20-21(13-18)26(40)36(25(20)39)22-7-8-23(37)32-24(22)38/h1-6,13,19,22H,7-12,14-15H2,(H,32,37,38). The molecule has 0 spiro atoms. The number of imide groups is 2. The highest BCUT2D eigenvalue weighted by Crippen LogP contribution is 2.34. The van der Waals surface area contributed by atoms with Crippen LogP contribution >= 0.6 is 11.6 Å². The van der Waals surface area contributed by atoms with Gasteiger partial charge in [0.25, 0.3) is 17.7 Å². The summed E-state index contributed by atoms with van der Waals surface area (Å²) in [4.78, 5) is 68.8. The minimum atomic E-state index is -3.64. The molecule has 0 aliphatic carbocycles. The lowest BCUT2D eigenvalue weighted by molar-refractivity contribution is -0.161. The van der Waals surface area contributed by atoms with Crippen LogP contribution in [-0.2, 0) is 20.3 Å². The van der Waals surface area contributed by atoms with Gasteiger partial charge in [-0.05, 0) is 36.8 Å². The Balaban J connectivity index is 1.04. The number of fused-ring (bicyclic) bond motifs is 1. The van der Waals surface area contributed by atoms with Crippen molar-refractivity contribution in [2.75, 3.05) is 44.2 Å². The van der Waals surface area contributed by atoms with Crippen LogP contribution in [0.15, 0.2) is 42.5 Å². The second kappa shape index (κ2) is 10.2. The lowest BCUT2D eigenvalue weighted by Gasteiger charge is -2.49. The average Bonchev–Trinajstić information content (AvgIpc) is 3.17. The normalized spacial score (nSPS) is 22.1. The molecule has 13 heteroatoms. The van der Waals surface area contributed by atoms with Gasteiger partial charge in [-0.25, -0.2) is 0 Å².